The Morgan fingerprint density at radius 1 is 1.19 bits per heavy atom. The van der Waals surface area contributed by atoms with Gasteiger partial charge in [0.05, 0.1) is 13.7 Å². The zero-order valence-corrected chi connectivity index (χ0v) is 18.8. The first kappa shape index (κ1) is 23.4. The number of carbonyl (C=O) groups is 2. The second kappa shape index (κ2) is 9.89. The van der Waals surface area contributed by atoms with Crippen LogP contribution in [-0.4, -0.2) is 44.0 Å². The fourth-order valence-corrected chi connectivity index (χ4v) is 3.43. The molecule has 0 saturated heterocycles. The standard InChI is InChI=1S/C24H29FN2O5/c1-24(2,3)32-23(29)26-20(22(28)30-4)13-16-5-6-17-15-27(11-12-31-21(17)14-16)19-9-7-18(25)8-10-19/h5-10,14,20H,11-13,15H2,1-4H3,(H,26,29)/t20-/m0/s1. The molecular weight excluding hydrogens is 415 g/mol. The number of anilines is 1. The maximum absolute atomic E-state index is 13.3. The van der Waals surface area contributed by atoms with Crippen LogP contribution in [0.4, 0.5) is 14.9 Å². The van der Waals surface area contributed by atoms with Crippen molar-refractivity contribution < 1.29 is 28.2 Å². The van der Waals surface area contributed by atoms with Crippen LogP contribution in [0.2, 0.25) is 0 Å². The molecule has 3 rings (SSSR count). The highest BCUT2D eigenvalue weighted by atomic mass is 19.1. The van der Waals surface area contributed by atoms with Crippen LogP contribution in [-0.2, 0) is 27.2 Å². The van der Waals surface area contributed by atoms with E-state index in [1.165, 1.54) is 19.2 Å². The van der Waals surface area contributed by atoms with Gasteiger partial charge in [0.15, 0.2) is 0 Å². The van der Waals surface area contributed by atoms with Gasteiger partial charge in [-0.2, -0.15) is 0 Å². The van der Waals surface area contributed by atoms with E-state index in [9.17, 15) is 14.0 Å². The molecule has 0 saturated carbocycles. The Morgan fingerprint density at radius 2 is 1.91 bits per heavy atom. The van der Waals surface area contributed by atoms with E-state index in [4.69, 9.17) is 14.2 Å². The predicted molar refractivity (Wildman–Crippen MR) is 118 cm³/mol. The molecule has 32 heavy (non-hydrogen) atoms. The molecule has 0 unspecified atom stereocenters. The summed E-state index contributed by atoms with van der Waals surface area (Å²) in [6.45, 7) is 6.97. The van der Waals surface area contributed by atoms with Gasteiger partial charge in [-0.15, -0.1) is 0 Å². The Kier molecular flexibility index (Phi) is 7.22. The molecule has 0 aromatic heterocycles. The number of benzene rings is 2. The number of alkyl carbamates (subject to hydrolysis) is 1. The van der Waals surface area contributed by atoms with E-state index in [1.807, 2.05) is 18.2 Å². The monoisotopic (exact) mass is 444 g/mol. The number of hydrogen-bond donors (Lipinski definition) is 1. The Bertz CT molecular complexity index is 956. The number of methoxy groups -OCH3 is 1. The van der Waals surface area contributed by atoms with Crippen molar-refractivity contribution in [2.75, 3.05) is 25.2 Å². The largest absolute Gasteiger partial charge is 0.491 e. The average Bonchev–Trinajstić information content (AvgIpc) is 2.94. The molecule has 1 N–H and O–H groups in total. The number of ether oxygens (including phenoxy) is 3. The van der Waals surface area contributed by atoms with Crippen LogP contribution in [0.1, 0.15) is 31.9 Å². The topological polar surface area (TPSA) is 77.1 Å². The van der Waals surface area contributed by atoms with Gasteiger partial charge < -0.3 is 24.4 Å². The van der Waals surface area contributed by atoms with E-state index in [1.54, 1.807) is 32.9 Å². The second-order valence-electron chi connectivity index (χ2n) is 8.61. The average molecular weight is 445 g/mol. The van der Waals surface area contributed by atoms with Gasteiger partial charge in [-0.05, 0) is 56.7 Å². The third-order valence-electron chi connectivity index (χ3n) is 4.92. The molecule has 7 nitrogen and oxygen atoms in total. The highest BCUT2D eigenvalue weighted by Gasteiger charge is 2.26. The minimum atomic E-state index is -0.894. The summed E-state index contributed by atoms with van der Waals surface area (Å²) in [6.07, 6.45) is -0.460. The molecule has 1 atom stereocenters. The van der Waals surface area contributed by atoms with Gasteiger partial charge in [0.2, 0.25) is 0 Å². The molecule has 1 aliphatic rings. The minimum absolute atomic E-state index is 0.226. The molecule has 2 aromatic carbocycles. The first-order valence-corrected chi connectivity index (χ1v) is 10.5. The Balaban J connectivity index is 1.73. The number of halogens is 1. The number of nitrogens with one attached hydrogen (secondary N) is 1. The number of fused-ring (bicyclic) bond motifs is 1. The molecule has 0 radical (unpaired) electrons. The summed E-state index contributed by atoms with van der Waals surface area (Å²) in [4.78, 5) is 26.5. The van der Waals surface area contributed by atoms with Gasteiger partial charge in [0.25, 0.3) is 0 Å². The molecule has 0 spiro atoms. The van der Waals surface area contributed by atoms with Crippen LogP contribution >= 0.6 is 0 Å². The lowest BCUT2D eigenvalue weighted by atomic mass is 10.0. The molecular formula is C24H29FN2O5. The Morgan fingerprint density at radius 3 is 2.56 bits per heavy atom. The highest BCUT2D eigenvalue weighted by molar-refractivity contribution is 5.81. The molecule has 0 bridgehead atoms. The lowest BCUT2D eigenvalue weighted by Gasteiger charge is -2.23. The molecule has 0 aliphatic carbocycles. The van der Waals surface area contributed by atoms with Crippen molar-refractivity contribution in [1.29, 1.82) is 0 Å². The maximum Gasteiger partial charge on any atom is 0.408 e. The van der Waals surface area contributed by atoms with E-state index in [0.717, 1.165) is 16.8 Å². The third-order valence-corrected chi connectivity index (χ3v) is 4.92. The minimum Gasteiger partial charge on any atom is -0.491 e. The lowest BCUT2D eigenvalue weighted by Crippen LogP contribution is -2.45. The Labute approximate surface area is 187 Å². The quantitative estimate of drug-likeness (QED) is 0.707. The van der Waals surface area contributed by atoms with E-state index < -0.39 is 23.7 Å². The second-order valence-corrected chi connectivity index (χ2v) is 8.61. The van der Waals surface area contributed by atoms with Crippen LogP contribution in [0, 0.1) is 5.82 Å². The molecule has 1 amide bonds. The van der Waals surface area contributed by atoms with Gasteiger partial charge in [0, 0.05) is 24.2 Å². The molecule has 2 aromatic rings. The SMILES string of the molecule is COC(=O)[C@H](Cc1ccc2c(c1)OCCN(c1ccc(F)cc1)C2)NC(=O)OC(C)(C)C. The van der Waals surface area contributed by atoms with Gasteiger partial charge in [-0.1, -0.05) is 12.1 Å². The third kappa shape index (κ3) is 6.35. The maximum atomic E-state index is 13.3. The fraction of sp³-hybridized carbons (Fsp3) is 0.417. The van der Waals surface area contributed by atoms with Crippen LogP contribution in [0.15, 0.2) is 42.5 Å². The molecule has 172 valence electrons. The molecule has 8 heteroatoms. The number of nitrogens with zero attached hydrogens (tertiary/aromatic N) is 1. The van der Waals surface area contributed by atoms with E-state index >= 15 is 0 Å². The predicted octanol–water partition coefficient (Wildman–Crippen LogP) is 3.83. The van der Waals surface area contributed by atoms with Gasteiger partial charge >= 0.3 is 12.1 Å². The highest BCUT2D eigenvalue weighted by Crippen LogP contribution is 2.28. The zero-order valence-electron chi connectivity index (χ0n) is 18.8. The fourth-order valence-electron chi connectivity index (χ4n) is 3.43. The first-order valence-electron chi connectivity index (χ1n) is 10.5. The van der Waals surface area contributed by atoms with Crippen molar-refractivity contribution >= 4 is 17.7 Å². The molecule has 1 heterocycles. The van der Waals surface area contributed by atoms with Crippen molar-refractivity contribution in [3.8, 4) is 5.75 Å². The zero-order chi connectivity index (χ0) is 23.3. The van der Waals surface area contributed by atoms with E-state index in [-0.39, 0.29) is 12.2 Å². The van der Waals surface area contributed by atoms with Gasteiger partial charge in [0.1, 0.15) is 29.8 Å². The summed E-state index contributed by atoms with van der Waals surface area (Å²) in [5.41, 5.74) is 2.02. The van der Waals surface area contributed by atoms with Crippen LogP contribution in [0.25, 0.3) is 0 Å². The van der Waals surface area contributed by atoms with Crippen molar-refractivity contribution in [3.05, 3.63) is 59.4 Å². The number of hydrogen-bond acceptors (Lipinski definition) is 6. The lowest BCUT2D eigenvalue weighted by molar-refractivity contribution is -0.143. The molecule has 0 fully saturated rings. The van der Waals surface area contributed by atoms with Crippen LogP contribution in [0.5, 0.6) is 5.75 Å². The number of amides is 1. The van der Waals surface area contributed by atoms with E-state index in [0.29, 0.717) is 25.4 Å². The number of rotatable bonds is 5. The van der Waals surface area contributed by atoms with Crippen LogP contribution in [0.3, 0.4) is 0 Å². The van der Waals surface area contributed by atoms with Crippen LogP contribution < -0.4 is 15.0 Å². The van der Waals surface area contributed by atoms with E-state index in [2.05, 4.69) is 10.2 Å². The van der Waals surface area contributed by atoms with Crippen molar-refractivity contribution in [3.63, 3.8) is 0 Å². The van der Waals surface area contributed by atoms with Crippen molar-refractivity contribution in [2.24, 2.45) is 0 Å². The summed E-state index contributed by atoms with van der Waals surface area (Å²) in [6, 6.07) is 11.2. The summed E-state index contributed by atoms with van der Waals surface area (Å²) in [7, 11) is 1.27. The van der Waals surface area contributed by atoms with Crippen molar-refractivity contribution in [1.82, 2.24) is 5.32 Å². The smallest absolute Gasteiger partial charge is 0.408 e. The summed E-state index contributed by atoms with van der Waals surface area (Å²) in [5.74, 6) is -0.118. The summed E-state index contributed by atoms with van der Waals surface area (Å²) >= 11 is 0. The van der Waals surface area contributed by atoms with Gasteiger partial charge in [-0.25, -0.2) is 14.0 Å². The number of esters is 1. The van der Waals surface area contributed by atoms with Crippen molar-refractivity contribution in [2.45, 2.75) is 45.4 Å². The molecule has 1 aliphatic heterocycles. The van der Waals surface area contributed by atoms with Gasteiger partial charge in [-0.3, -0.25) is 0 Å². The Hall–Kier alpha value is -3.29. The number of carbonyl (C=O) groups excluding carboxylic acids is 2. The summed E-state index contributed by atoms with van der Waals surface area (Å²) < 4.78 is 29.3. The summed E-state index contributed by atoms with van der Waals surface area (Å²) in [5, 5.41) is 2.58. The normalized spacial score (nSPS) is 14.5. The first-order chi connectivity index (χ1) is 15.1.